The van der Waals surface area contributed by atoms with Crippen molar-refractivity contribution in [3.63, 3.8) is 0 Å². The van der Waals surface area contributed by atoms with Crippen LogP contribution in [0.4, 0.5) is 86.9 Å². The van der Waals surface area contributed by atoms with E-state index in [1.165, 1.54) is 77.0 Å². The number of anilines is 11. The Hall–Kier alpha value is -10.6. The molecule has 0 aliphatic carbocycles. The number of aliphatic hydroxyl groups is 2. The molecule has 10 rings (SSSR count). The summed E-state index contributed by atoms with van der Waals surface area (Å²) in [5.41, 5.74) is 3.08. The largest absolute Gasteiger partial charge is 0.505 e. The second-order valence-electron chi connectivity index (χ2n) is 20.9. The number of amides is 1. The van der Waals surface area contributed by atoms with Crippen molar-refractivity contribution in [2.45, 2.75) is 32.8 Å². The van der Waals surface area contributed by atoms with Crippen LogP contribution in [-0.4, -0.2) is 142 Å². The minimum atomic E-state index is -4.41. The van der Waals surface area contributed by atoms with E-state index in [-0.39, 0.29) is 145 Å². The van der Waals surface area contributed by atoms with Crippen molar-refractivity contribution >= 4 is 159 Å². The first-order chi connectivity index (χ1) is 50.8. The Kier molecular flexibility index (Phi) is 26.9. The predicted octanol–water partition coefficient (Wildman–Crippen LogP) is 11.5. The van der Waals surface area contributed by atoms with Crippen molar-refractivity contribution < 1.29 is 98.5 Å². The highest BCUT2D eigenvalue weighted by molar-refractivity contribution is 7.95. The van der Waals surface area contributed by atoms with Gasteiger partial charge in [0.25, 0.3) is 26.1 Å². The highest BCUT2D eigenvalue weighted by Crippen LogP contribution is 2.50. The van der Waals surface area contributed by atoms with Crippen LogP contribution in [0.3, 0.4) is 0 Å². The van der Waals surface area contributed by atoms with E-state index in [4.69, 9.17) is 36.6 Å². The molecule has 550 valence electrons. The Morgan fingerprint density at radius 3 is 1.27 bits per heavy atom. The number of hydrogen-bond acceptors (Lipinski definition) is 39. The van der Waals surface area contributed by atoms with Crippen molar-refractivity contribution in [1.82, 2.24) is 29.9 Å². The number of carbonyl (C=O) groups is 1. The summed E-state index contributed by atoms with van der Waals surface area (Å²) in [6.45, 7) is -0.447. The molecule has 0 fully saturated rings. The van der Waals surface area contributed by atoms with Crippen LogP contribution >= 0.6 is 24.1 Å². The van der Waals surface area contributed by atoms with E-state index in [0.29, 0.717) is 63.6 Å². The van der Waals surface area contributed by atoms with E-state index >= 15 is 0 Å². The maximum Gasteiger partial charge on any atom is 0.296 e. The maximum atomic E-state index is 13.8. The third-order valence-corrected chi connectivity index (χ3v) is 17.8. The summed E-state index contributed by atoms with van der Waals surface area (Å²) in [7, 11) is -1.73. The third kappa shape index (κ3) is 20.4. The second-order valence-corrected chi connectivity index (χ2v) is 25.8. The maximum absolute atomic E-state index is 13.8. The number of hydrogen-bond donors (Lipinski definition) is 11. The molecule has 8 aromatic carbocycles. The number of rotatable bonds is 38. The number of aromatic hydroxyl groups is 2. The van der Waals surface area contributed by atoms with Crippen molar-refractivity contribution in [3.05, 3.63) is 150 Å². The minimum absolute atomic E-state index is 0.00171. The van der Waals surface area contributed by atoms with Crippen LogP contribution in [0.5, 0.6) is 11.5 Å². The zero-order chi connectivity index (χ0) is 74.5. The summed E-state index contributed by atoms with van der Waals surface area (Å²) in [4.78, 5) is 68.8. The van der Waals surface area contributed by atoms with E-state index in [0.717, 1.165) is 14.2 Å². The molecule has 0 radical (unpaired) electrons. The van der Waals surface area contributed by atoms with Crippen LogP contribution < -0.4 is 37.2 Å². The second kappa shape index (κ2) is 36.7. The summed E-state index contributed by atoms with van der Waals surface area (Å²) < 4.78 is 73.3. The SMILES string of the molecule is COOCc1cccc(N=Nc2c(SOOOC)cc3cc(S(=O)(=O)OC)cc(Nc4nc(NCCO)nc(Nc5ccc(NC(=O)c6ccc(Nc7nc(NCCO)nc(Nc8cc(S(=O)(=O)OC)cc9cc(SOOOC)c(N=Nc%10cccc(COOC)c%10)c(O)c89)n7)cc6)cc5)n4)c3c2O)c1. The molecule has 0 spiro atoms. The van der Waals surface area contributed by atoms with Crippen LogP contribution in [0.1, 0.15) is 21.5 Å². The van der Waals surface area contributed by atoms with Crippen LogP contribution in [0, 0.1) is 0 Å². The third-order valence-electron chi connectivity index (χ3n) is 14.1. The van der Waals surface area contributed by atoms with Gasteiger partial charge in [-0.3, -0.25) is 13.2 Å². The lowest BCUT2D eigenvalue weighted by atomic mass is 10.1. The zero-order valence-corrected chi connectivity index (χ0v) is 59.0. The monoisotopic (exact) mass is 1520 g/mol. The number of fused-ring (bicyclic) bond motifs is 2. The number of azo groups is 2. The van der Waals surface area contributed by atoms with Crippen LogP contribution in [-0.2, 0) is 89.9 Å². The minimum Gasteiger partial charge on any atom is -0.505 e. The number of phenols is 2. The summed E-state index contributed by atoms with van der Waals surface area (Å²) in [5.74, 6) is -2.13. The number of phenolic OH excluding ortho intramolecular Hbond substituents is 2. The smallest absolute Gasteiger partial charge is 0.296 e. The first kappa shape index (κ1) is 77.0. The molecule has 0 unspecified atom stereocenters. The Morgan fingerprint density at radius 1 is 0.467 bits per heavy atom. The van der Waals surface area contributed by atoms with E-state index in [2.05, 4.69) is 107 Å². The Balaban J connectivity index is 0.882. The summed E-state index contributed by atoms with van der Waals surface area (Å²) in [6, 6.07) is 34.0. The molecule has 1 amide bonds. The van der Waals surface area contributed by atoms with Gasteiger partial charge >= 0.3 is 0 Å². The van der Waals surface area contributed by atoms with Crippen molar-refractivity contribution in [1.29, 1.82) is 0 Å². The molecule has 0 saturated carbocycles. The van der Waals surface area contributed by atoms with Crippen molar-refractivity contribution in [2.24, 2.45) is 20.5 Å². The van der Waals surface area contributed by atoms with Gasteiger partial charge in [0.05, 0.1) is 122 Å². The molecule has 2 heterocycles. The Morgan fingerprint density at radius 2 is 0.867 bits per heavy atom. The first-order valence-electron chi connectivity index (χ1n) is 30.4. The summed E-state index contributed by atoms with van der Waals surface area (Å²) in [6.07, 6.45) is 0. The molecule has 10 aromatic rings. The van der Waals surface area contributed by atoms with Gasteiger partial charge in [-0.2, -0.15) is 57.0 Å². The Bertz CT molecular complexity index is 5030. The fourth-order valence-electron chi connectivity index (χ4n) is 9.47. The quantitative estimate of drug-likeness (QED) is 0.00427. The number of nitrogens with zero attached hydrogens (tertiary/aromatic N) is 10. The highest BCUT2D eigenvalue weighted by atomic mass is 32.2. The average Bonchev–Trinajstić information content (AvgIpc) is 0.760. The van der Waals surface area contributed by atoms with Gasteiger partial charge in [-0.25, -0.2) is 29.3 Å². The molecule has 42 heteroatoms. The van der Waals surface area contributed by atoms with Crippen molar-refractivity contribution in [2.75, 3.05) is 106 Å². The fraction of sp³-hybridized carbons (Fsp3) is 0.190. The topological polar surface area (TPSA) is 488 Å². The van der Waals surface area contributed by atoms with E-state index in [9.17, 15) is 42.1 Å². The van der Waals surface area contributed by atoms with Crippen molar-refractivity contribution in [3.8, 4) is 11.5 Å². The molecular formula is C63H63N17O21S4. The number of nitrogens with one attached hydrogen (secondary N) is 7. The van der Waals surface area contributed by atoms with E-state index in [1.54, 1.807) is 84.9 Å². The van der Waals surface area contributed by atoms with Gasteiger partial charge in [-0.1, -0.05) is 34.3 Å². The fourth-order valence-corrected chi connectivity index (χ4v) is 12.0. The van der Waals surface area contributed by atoms with Crippen LogP contribution in [0.2, 0.25) is 0 Å². The van der Waals surface area contributed by atoms with E-state index in [1.807, 2.05) is 0 Å². The van der Waals surface area contributed by atoms with E-state index < -0.39 is 37.6 Å². The van der Waals surface area contributed by atoms with Gasteiger partial charge in [-0.15, -0.1) is 18.9 Å². The van der Waals surface area contributed by atoms with Crippen LogP contribution in [0.25, 0.3) is 21.5 Å². The molecule has 105 heavy (non-hydrogen) atoms. The average molecular weight is 1520 g/mol. The molecule has 0 bridgehead atoms. The number of benzene rings is 8. The van der Waals surface area contributed by atoms with Gasteiger partial charge in [0.1, 0.15) is 24.6 Å². The Labute approximate surface area is 605 Å². The van der Waals surface area contributed by atoms with Crippen LogP contribution in [0.15, 0.2) is 173 Å². The summed E-state index contributed by atoms with van der Waals surface area (Å²) >= 11 is 1.14. The van der Waals surface area contributed by atoms with Gasteiger partial charge in [-0.05, 0) is 131 Å². The zero-order valence-electron chi connectivity index (χ0n) is 55.8. The molecule has 0 atom stereocenters. The lowest BCUT2D eigenvalue weighted by Gasteiger charge is -2.16. The molecular weight excluding hydrogens is 1460 g/mol. The molecule has 0 aliphatic heterocycles. The number of carbonyl (C=O) groups excluding carboxylic acids is 1. The van der Waals surface area contributed by atoms with Gasteiger partial charge in [0.2, 0.25) is 35.7 Å². The standard InChI is InChI=1S/C63H63N17O21S4/c1-90-96-33-35-9-7-11-43(25-35)77-79-53-49(102-100-98-92-3)29-38-27-45(104(86,87)94-5)31-47(51(38)55(53)83)69-62-73-58(64-21-23-81)71-60(75-62)67-41-15-13-37(14-16-41)57(85)66-40-17-19-42(20-18-40)68-61-72-59(65-22-24-82)74-63(76-61)70-48-32-46(105(88,89)95-6)28-39-30-50(103-101-99-93-4)54(56(84)52(39)48)80-78-44-12-8-10-36(26-44)34-97-91-2/h7-20,25-32,81-84H,21-24,33-34H2,1-6H3,(H,66,85)(H3,64,67,69,71,73,75)(H3,65,68,70,72,74,76). The first-order valence-corrected chi connectivity index (χ1v) is 34.7. The van der Waals surface area contributed by atoms with Gasteiger partial charge in [0, 0.05) is 46.5 Å². The van der Waals surface area contributed by atoms with Gasteiger partial charge < -0.3 is 57.6 Å². The molecule has 38 nitrogen and oxygen atoms in total. The molecule has 2 aromatic heterocycles. The molecule has 0 aliphatic rings. The lowest BCUT2D eigenvalue weighted by molar-refractivity contribution is -0.447. The molecule has 11 N–H and O–H groups in total. The number of aliphatic hydroxyl groups excluding tert-OH is 2. The van der Waals surface area contributed by atoms with Gasteiger partial charge in [0.15, 0.2) is 11.5 Å². The highest BCUT2D eigenvalue weighted by Gasteiger charge is 2.26. The molecule has 0 saturated heterocycles. The number of aromatic nitrogens is 6. The summed E-state index contributed by atoms with van der Waals surface area (Å²) in [5, 5.41) is 91.4. The lowest BCUT2D eigenvalue weighted by Crippen LogP contribution is -2.13. The normalized spacial score (nSPS) is 11.8. The predicted molar refractivity (Wildman–Crippen MR) is 379 cm³/mol.